The zero-order chi connectivity index (χ0) is 16.1. The second-order valence-corrected chi connectivity index (χ2v) is 33.1. The highest BCUT2D eigenvalue weighted by Crippen LogP contribution is 2.13. The topological polar surface area (TPSA) is 0 Å². The maximum Gasteiger partial charge on any atom is 0.00464 e. The minimum absolute atomic E-state index is 0.582. The third-order valence-electron chi connectivity index (χ3n) is 4.96. The summed E-state index contributed by atoms with van der Waals surface area (Å²) in [6, 6.07) is 1.74. The molecule has 0 aliphatic heterocycles. The summed E-state index contributed by atoms with van der Waals surface area (Å²) in [6.07, 6.45) is 24.1. The van der Waals surface area contributed by atoms with Crippen molar-refractivity contribution in [2.45, 2.75) is 116 Å². The molecule has 0 aliphatic carbocycles. The zero-order valence-electron chi connectivity index (χ0n) is 16.1. The number of rotatable bonds is 19. The number of hydrogen-bond donors (Lipinski definition) is 0. The Morgan fingerprint density at radius 1 is 0.545 bits per heavy atom. The summed E-state index contributed by atoms with van der Waals surface area (Å²) in [5.41, 5.74) is 0. The molecule has 0 N–H and O–H groups in total. The molecule has 0 atom stereocenters. The van der Waals surface area contributed by atoms with Crippen molar-refractivity contribution in [3.63, 3.8) is 0 Å². The summed E-state index contributed by atoms with van der Waals surface area (Å²) in [7, 11) is 3.61. The van der Waals surface area contributed by atoms with E-state index in [0.29, 0.717) is 26.1 Å². The molecule has 0 saturated heterocycles. The van der Waals surface area contributed by atoms with Gasteiger partial charge in [-0.15, -0.1) is 0 Å². The van der Waals surface area contributed by atoms with Gasteiger partial charge in [-0.1, -0.05) is 116 Å². The molecule has 0 aromatic rings. The molecule has 0 rings (SSSR count). The first-order chi connectivity index (χ1) is 10.9. The fraction of sp³-hybridized carbons (Fsp3) is 1.00. The molecule has 0 bridgehead atoms. The Morgan fingerprint density at radius 2 is 0.909 bits per heavy atom. The van der Waals surface area contributed by atoms with Crippen LogP contribution < -0.4 is 0 Å². The van der Waals surface area contributed by atoms with Crippen molar-refractivity contribution in [3.8, 4) is 0 Å². The summed E-state index contributed by atoms with van der Waals surface area (Å²) < 4.78 is 0. The molecule has 0 spiro atoms. The van der Waals surface area contributed by atoms with Gasteiger partial charge in [0.15, 0.2) is 0 Å². The van der Waals surface area contributed by atoms with E-state index in [1.165, 1.54) is 83.5 Å². The average molecular weight is 375 g/mol. The summed E-state index contributed by atoms with van der Waals surface area (Å²) >= 11 is 0. The van der Waals surface area contributed by atoms with Crippen LogP contribution >= 0.6 is 0 Å². The van der Waals surface area contributed by atoms with Gasteiger partial charge >= 0.3 is 0 Å². The smallest absolute Gasteiger partial charge is 0.00464 e. The van der Waals surface area contributed by atoms with E-state index in [1.807, 2.05) is 0 Å². The third-order valence-corrected chi connectivity index (χ3v) is 42.2. The van der Waals surface area contributed by atoms with Crippen LogP contribution in [0.4, 0.5) is 0 Å². The molecular weight excluding hydrogens is 329 g/mol. The van der Waals surface area contributed by atoms with Crippen molar-refractivity contribution < 1.29 is 0 Å². The van der Waals surface area contributed by atoms with Gasteiger partial charge in [0.2, 0.25) is 0 Å². The van der Waals surface area contributed by atoms with Gasteiger partial charge in [-0.05, 0) is 26.9 Å². The SMILES string of the molecule is CCCCCCCCCCCCCCCCCC[SiH2][SiH2][SiH2][SiH3]. The van der Waals surface area contributed by atoms with Gasteiger partial charge in [0.05, 0.1) is 0 Å². The molecule has 22 heavy (non-hydrogen) atoms. The first-order valence-corrected chi connectivity index (χ1v) is 25.6. The van der Waals surface area contributed by atoms with E-state index in [2.05, 4.69) is 6.92 Å². The van der Waals surface area contributed by atoms with Crippen LogP contribution in [0.5, 0.6) is 0 Å². The minimum atomic E-state index is 0.582. The second-order valence-electron chi connectivity index (χ2n) is 7.36. The van der Waals surface area contributed by atoms with Crippen molar-refractivity contribution in [2.24, 2.45) is 0 Å². The van der Waals surface area contributed by atoms with Crippen molar-refractivity contribution in [1.29, 1.82) is 0 Å². The number of unbranched alkanes of at least 4 members (excludes halogenated alkanes) is 15. The van der Waals surface area contributed by atoms with Gasteiger partial charge in [-0.25, -0.2) is 0 Å². The first kappa shape index (κ1) is 22.9. The van der Waals surface area contributed by atoms with Gasteiger partial charge in [-0.3, -0.25) is 0 Å². The van der Waals surface area contributed by atoms with Crippen LogP contribution in [-0.4, -0.2) is 35.9 Å². The van der Waals surface area contributed by atoms with Crippen molar-refractivity contribution >= 4 is 35.9 Å². The van der Waals surface area contributed by atoms with Gasteiger partial charge in [0.25, 0.3) is 0 Å². The maximum atomic E-state index is 2.30. The zero-order valence-corrected chi connectivity index (χ0v) is 22.4. The Hall–Kier alpha value is 0.868. The van der Waals surface area contributed by atoms with Crippen molar-refractivity contribution in [3.05, 3.63) is 0 Å². The van der Waals surface area contributed by atoms with E-state index in [-0.39, 0.29) is 0 Å². The molecule has 0 aliphatic rings. The fourth-order valence-corrected chi connectivity index (χ4v) is 29.7. The lowest BCUT2D eigenvalue weighted by Crippen LogP contribution is -2.11. The third kappa shape index (κ3) is 20.9. The molecule has 0 aromatic heterocycles. The Kier molecular flexibility index (Phi) is 22.7. The first-order valence-electron chi connectivity index (χ1n) is 10.9. The summed E-state index contributed by atoms with van der Waals surface area (Å²) in [6.45, 7) is 2.30. The molecule has 0 radical (unpaired) electrons. The minimum Gasteiger partial charge on any atom is -0.0655 e. The lowest BCUT2D eigenvalue weighted by molar-refractivity contribution is 0.531. The Morgan fingerprint density at radius 3 is 1.27 bits per heavy atom. The molecule has 4 heteroatoms. The van der Waals surface area contributed by atoms with Crippen LogP contribution in [-0.2, 0) is 0 Å². The number of hydrogen-bond acceptors (Lipinski definition) is 0. The molecule has 0 aromatic carbocycles. The summed E-state index contributed by atoms with van der Waals surface area (Å²) in [4.78, 5) is 0. The average Bonchev–Trinajstić information content (AvgIpc) is 2.54. The molecule has 0 amide bonds. The molecule has 0 nitrogen and oxygen atoms in total. The van der Waals surface area contributed by atoms with E-state index in [1.54, 1.807) is 35.1 Å². The Labute approximate surface area is 151 Å². The van der Waals surface area contributed by atoms with Gasteiger partial charge in [0.1, 0.15) is 0 Å². The molecule has 0 unspecified atom stereocenters. The molecular formula is C18H46Si4. The van der Waals surface area contributed by atoms with Crippen molar-refractivity contribution in [1.82, 2.24) is 0 Å². The fourth-order valence-electron chi connectivity index (χ4n) is 3.33. The van der Waals surface area contributed by atoms with E-state index < -0.39 is 0 Å². The van der Waals surface area contributed by atoms with Crippen LogP contribution in [0.15, 0.2) is 0 Å². The highest BCUT2D eigenvalue weighted by atomic mass is 29.7. The van der Waals surface area contributed by atoms with Crippen LogP contribution in [0, 0.1) is 0 Å². The normalized spacial score (nSPS) is 13.0. The van der Waals surface area contributed by atoms with E-state index in [4.69, 9.17) is 0 Å². The van der Waals surface area contributed by atoms with E-state index in [0.717, 1.165) is 0 Å². The molecule has 134 valence electrons. The lowest BCUT2D eigenvalue weighted by Gasteiger charge is -2.03. The largest absolute Gasteiger partial charge is 0.0655 e. The summed E-state index contributed by atoms with van der Waals surface area (Å²) in [5, 5.41) is 0. The van der Waals surface area contributed by atoms with Crippen LogP contribution in [0.3, 0.4) is 0 Å². The molecule has 0 fully saturated rings. The standard InChI is InChI=1S/C18H46Si4/c1-2-3-4-5-6-7-8-9-10-11-12-13-14-15-16-17-18-20-22-21-19/h2-18,20-22H2,1,19H3. The molecule has 0 heterocycles. The quantitative estimate of drug-likeness (QED) is 0.240. The predicted molar refractivity (Wildman–Crippen MR) is 120 cm³/mol. The van der Waals surface area contributed by atoms with Crippen LogP contribution in [0.2, 0.25) is 6.04 Å². The van der Waals surface area contributed by atoms with Gasteiger partial charge in [-0.2, -0.15) is 0 Å². The monoisotopic (exact) mass is 374 g/mol. The second kappa shape index (κ2) is 21.9. The van der Waals surface area contributed by atoms with Gasteiger partial charge in [0, 0.05) is 9.04 Å². The predicted octanol–water partition coefficient (Wildman–Crippen LogP) is 3.28. The highest BCUT2D eigenvalue weighted by Gasteiger charge is 1.95. The van der Waals surface area contributed by atoms with Crippen molar-refractivity contribution in [2.75, 3.05) is 0 Å². The van der Waals surface area contributed by atoms with E-state index in [9.17, 15) is 0 Å². The Bertz CT molecular complexity index is 168. The van der Waals surface area contributed by atoms with E-state index >= 15 is 0 Å². The van der Waals surface area contributed by atoms with Crippen LogP contribution in [0.25, 0.3) is 0 Å². The Balaban J connectivity index is 2.91. The maximum absolute atomic E-state index is 2.30. The lowest BCUT2D eigenvalue weighted by atomic mass is 10.0. The van der Waals surface area contributed by atoms with Gasteiger partial charge < -0.3 is 0 Å². The highest BCUT2D eigenvalue weighted by molar-refractivity contribution is 7.41. The van der Waals surface area contributed by atoms with Crippen LogP contribution in [0.1, 0.15) is 110 Å². The molecule has 0 saturated carbocycles. The summed E-state index contributed by atoms with van der Waals surface area (Å²) in [5.74, 6) is 0.